The normalized spacial score (nSPS) is 16.1. The van der Waals surface area contributed by atoms with E-state index in [1.807, 2.05) is 0 Å². The maximum absolute atomic E-state index is 12.2. The van der Waals surface area contributed by atoms with Gasteiger partial charge in [0.25, 0.3) is 11.6 Å². The van der Waals surface area contributed by atoms with Gasteiger partial charge in [-0.05, 0) is 41.6 Å². The van der Waals surface area contributed by atoms with E-state index in [0.29, 0.717) is 16.2 Å². The molecular weight excluding hydrogens is 422 g/mol. The lowest BCUT2D eigenvalue weighted by atomic mass is 10.2. The standard InChI is InChI=1S/C18H12ClN3O6S/c19-13-8-11(22(26)27)4-5-14(13)20-18-21-17(25)15(29-18)7-10-2-1-3-12(6-10)28-9-16(23)24/h1-8H,9H2,(H,23,24)(H,20,21,25)/b15-7+. The molecule has 0 unspecified atom stereocenters. The molecule has 2 N–H and O–H groups in total. The van der Waals surface area contributed by atoms with E-state index in [0.717, 1.165) is 11.8 Å². The number of amidine groups is 1. The first-order valence-electron chi connectivity index (χ1n) is 8.00. The topological polar surface area (TPSA) is 131 Å². The zero-order valence-electron chi connectivity index (χ0n) is 14.5. The van der Waals surface area contributed by atoms with Crippen LogP contribution >= 0.6 is 23.4 Å². The molecule has 3 rings (SSSR count). The van der Waals surface area contributed by atoms with Gasteiger partial charge in [-0.1, -0.05) is 23.7 Å². The largest absolute Gasteiger partial charge is 0.482 e. The molecule has 0 radical (unpaired) electrons. The highest BCUT2D eigenvalue weighted by atomic mass is 35.5. The number of aliphatic imine (C=N–C) groups is 1. The minimum atomic E-state index is -1.09. The third kappa shape index (κ3) is 5.33. The number of carbonyl (C=O) groups is 2. The summed E-state index contributed by atoms with van der Waals surface area (Å²) in [7, 11) is 0. The Morgan fingerprint density at radius 1 is 1.34 bits per heavy atom. The van der Waals surface area contributed by atoms with Crippen molar-refractivity contribution in [1.82, 2.24) is 5.32 Å². The molecule has 11 heteroatoms. The Kier molecular flexibility index (Phi) is 6.15. The fourth-order valence-corrected chi connectivity index (χ4v) is 3.33. The minimum absolute atomic E-state index is 0.0854. The first-order chi connectivity index (χ1) is 13.8. The Bertz CT molecular complexity index is 1070. The van der Waals surface area contributed by atoms with Gasteiger partial charge in [0.2, 0.25) is 0 Å². The summed E-state index contributed by atoms with van der Waals surface area (Å²) < 4.78 is 5.12. The zero-order chi connectivity index (χ0) is 21.0. The Balaban J connectivity index is 1.78. The van der Waals surface area contributed by atoms with Crippen LogP contribution in [0, 0.1) is 10.1 Å². The van der Waals surface area contributed by atoms with Gasteiger partial charge in [-0.15, -0.1) is 0 Å². The molecule has 1 amide bonds. The highest BCUT2D eigenvalue weighted by Crippen LogP contribution is 2.33. The molecule has 0 saturated carbocycles. The molecule has 148 valence electrons. The number of non-ortho nitro benzene ring substituents is 1. The number of ether oxygens (including phenoxy) is 1. The van der Waals surface area contributed by atoms with Crippen LogP contribution in [0.2, 0.25) is 5.02 Å². The average molecular weight is 434 g/mol. The Hall–Kier alpha value is -3.37. The molecule has 9 nitrogen and oxygen atoms in total. The molecule has 2 aromatic carbocycles. The van der Waals surface area contributed by atoms with Crippen LogP contribution in [-0.2, 0) is 9.59 Å². The van der Waals surface area contributed by atoms with Crippen LogP contribution in [0.1, 0.15) is 5.56 Å². The van der Waals surface area contributed by atoms with Gasteiger partial charge in [0, 0.05) is 12.1 Å². The second-order valence-electron chi connectivity index (χ2n) is 5.63. The van der Waals surface area contributed by atoms with Gasteiger partial charge < -0.3 is 15.2 Å². The minimum Gasteiger partial charge on any atom is -0.482 e. The molecule has 0 aromatic heterocycles. The highest BCUT2D eigenvalue weighted by molar-refractivity contribution is 8.18. The predicted octanol–water partition coefficient (Wildman–Crippen LogP) is 3.60. The lowest BCUT2D eigenvalue weighted by molar-refractivity contribution is -0.384. The summed E-state index contributed by atoms with van der Waals surface area (Å²) in [6.45, 7) is -0.470. The third-order valence-corrected chi connectivity index (χ3v) is 4.75. The molecular formula is C18H12ClN3O6S. The van der Waals surface area contributed by atoms with Crippen LogP contribution in [0.3, 0.4) is 0 Å². The van der Waals surface area contributed by atoms with E-state index in [1.54, 1.807) is 30.3 Å². The van der Waals surface area contributed by atoms with Crippen LogP contribution in [0.25, 0.3) is 6.08 Å². The second kappa shape index (κ2) is 8.76. The molecule has 0 atom stereocenters. The van der Waals surface area contributed by atoms with Crippen molar-refractivity contribution in [3.05, 3.63) is 68.1 Å². The number of nitro benzene ring substituents is 1. The smallest absolute Gasteiger partial charge is 0.341 e. The number of hydrogen-bond donors (Lipinski definition) is 2. The van der Waals surface area contributed by atoms with Crippen molar-refractivity contribution >= 4 is 57.9 Å². The van der Waals surface area contributed by atoms with Crippen molar-refractivity contribution in [2.24, 2.45) is 4.99 Å². The number of thioether (sulfide) groups is 1. The monoisotopic (exact) mass is 433 g/mol. The first kappa shape index (κ1) is 20.4. The number of carboxylic acid groups (broad SMARTS) is 1. The van der Waals surface area contributed by atoms with E-state index in [4.69, 9.17) is 21.4 Å². The zero-order valence-corrected chi connectivity index (χ0v) is 16.1. The van der Waals surface area contributed by atoms with Gasteiger partial charge in [0.1, 0.15) is 5.75 Å². The lowest BCUT2D eigenvalue weighted by Gasteiger charge is -2.03. The Morgan fingerprint density at radius 3 is 2.83 bits per heavy atom. The summed E-state index contributed by atoms with van der Waals surface area (Å²) in [6.07, 6.45) is 1.60. The Labute approximate surface area is 173 Å². The molecule has 0 aliphatic carbocycles. The van der Waals surface area contributed by atoms with E-state index in [1.165, 1.54) is 18.2 Å². The van der Waals surface area contributed by atoms with E-state index in [2.05, 4.69) is 10.3 Å². The number of halogens is 1. The SMILES string of the molecule is O=C(O)COc1cccc(/C=C2/SC(=Nc3ccc([N+](=O)[O-])cc3Cl)NC2=O)c1. The van der Waals surface area contributed by atoms with Crippen LogP contribution in [-0.4, -0.2) is 33.7 Å². The molecule has 0 spiro atoms. The number of amides is 1. The van der Waals surface area contributed by atoms with Crippen LogP contribution in [0.15, 0.2) is 52.4 Å². The number of rotatable bonds is 6. The number of nitro groups is 1. The molecule has 1 fully saturated rings. The number of benzene rings is 2. The number of carboxylic acids is 1. The fourth-order valence-electron chi connectivity index (χ4n) is 2.28. The van der Waals surface area contributed by atoms with E-state index in [9.17, 15) is 19.7 Å². The van der Waals surface area contributed by atoms with Crippen molar-refractivity contribution in [2.45, 2.75) is 0 Å². The molecule has 1 aliphatic heterocycles. The number of carbonyl (C=O) groups excluding carboxylic acids is 1. The van der Waals surface area contributed by atoms with Gasteiger partial charge in [-0.25, -0.2) is 9.79 Å². The predicted molar refractivity (Wildman–Crippen MR) is 108 cm³/mol. The first-order valence-corrected chi connectivity index (χ1v) is 9.19. The van der Waals surface area contributed by atoms with E-state index >= 15 is 0 Å². The van der Waals surface area contributed by atoms with Crippen LogP contribution in [0.5, 0.6) is 5.75 Å². The van der Waals surface area contributed by atoms with Crippen LogP contribution < -0.4 is 10.1 Å². The second-order valence-corrected chi connectivity index (χ2v) is 7.07. The summed E-state index contributed by atoms with van der Waals surface area (Å²) in [6, 6.07) is 10.5. The van der Waals surface area contributed by atoms with Crippen LogP contribution in [0.4, 0.5) is 11.4 Å². The summed E-state index contributed by atoms with van der Waals surface area (Å²) in [5.41, 5.74) is 0.762. The average Bonchev–Trinajstić information content (AvgIpc) is 3.01. The molecule has 1 heterocycles. The van der Waals surface area contributed by atoms with Crippen molar-refractivity contribution in [3.63, 3.8) is 0 Å². The van der Waals surface area contributed by atoms with Crippen molar-refractivity contribution in [2.75, 3.05) is 6.61 Å². The summed E-state index contributed by atoms with van der Waals surface area (Å²) >= 11 is 7.09. The molecule has 2 aromatic rings. The van der Waals surface area contributed by atoms with Gasteiger partial charge in [0.05, 0.1) is 20.5 Å². The van der Waals surface area contributed by atoms with E-state index < -0.39 is 17.5 Å². The summed E-state index contributed by atoms with van der Waals surface area (Å²) in [5, 5.41) is 22.4. The maximum atomic E-state index is 12.2. The summed E-state index contributed by atoms with van der Waals surface area (Å²) in [4.78, 5) is 37.6. The van der Waals surface area contributed by atoms with Crippen molar-refractivity contribution in [3.8, 4) is 5.75 Å². The molecule has 1 aliphatic rings. The fraction of sp³-hybridized carbons (Fsp3) is 0.0556. The number of nitrogens with one attached hydrogen (secondary N) is 1. The van der Waals surface area contributed by atoms with Gasteiger partial charge >= 0.3 is 5.97 Å². The van der Waals surface area contributed by atoms with Crippen molar-refractivity contribution < 1.29 is 24.4 Å². The number of aliphatic carboxylic acids is 1. The molecule has 0 bridgehead atoms. The van der Waals surface area contributed by atoms with Gasteiger partial charge in [-0.3, -0.25) is 14.9 Å². The van der Waals surface area contributed by atoms with E-state index in [-0.39, 0.29) is 27.5 Å². The Morgan fingerprint density at radius 2 is 2.14 bits per heavy atom. The van der Waals surface area contributed by atoms with Crippen molar-refractivity contribution in [1.29, 1.82) is 0 Å². The number of nitrogens with zero attached hydrogens (tertiary/aromatic N) is 2. The lowest BCUT2D eigenvalue weighted by Crippen LogP contribution is -2.19. The third-order valence-electron chi connectivity index (χ3n) is 3.53. The number of hydrogen-bond acceptors (Lipinski definition) is 7. The quantitative estimate of drug-likeness (QED) is 0.404. The van der Waals surface area contributed by atoms with Gasteiger partial charge in [0.15, 0.2) is 11.8 Å². The molecule has 1 saturated heterocycles. The van der Waals surface area contributed by atoms with Gasteiger partial charge in [-0.2, -0.15) is 0 Å². The maximum Gasteiger partial charge on any atom is 0.341 e. The summed E-state index contributed by atoms with van der Waals surface area (Å²) in [5.74, 6) is -1.11. The highest BCUT2D eigenvalue weighted by Gasteiger charge is 2.24. The molecule has 29 heavy (non-hydrogen) atoms.